The molecule has 4 heteroatoms. The Balaban J connectivity index is 0.000000686. The van der Waals surface area contributed by atoms with Crippen LogP contribution in [-0.2, 0) is 0 Å². The van der Waals surface area contributed by atoms with Crippen molar-refractivity contribution < 1.29 is 4.79 Å². The highest BCUT2D eigenvalue weighted by Crippen LogP contribution is 2.28. The zero-order valence-electron chi connectivity index (χ0n) is 10.0. The van der Waals surface area contributed by atoms with Crippen LogP contribution in [0.4, 0.5) is 0 Å². The molecule has 0 N–H and O–H groups in total. The molecule has 1 heterocycles. The SMILES string of the molecule is CC.CC(=O)c1ccc(-c2cssc2=S)cc1. The van der Waals surface area contributed by atoms with Gasteiger partial charge in [-0.1, -0.05) is 71.0 Å². The van der Waals surface area contributed by atoms with E-state index >= 15 is 0 Å². The second-order valence-corrected chi connectivity index (χ2v) is 5.88. The van der Waals surface area contributed by atoms with E-state index in [9.17, 15) is 4.79 Å². The Hall–Kier alpha value is -0.840. The fraction of sp³-hybridized carbons (Fsp3) is 0.231. The Bertz CT molecular complexity index is 534. The Morgan fingerprint density at radius 3 is 2.18 bits per heavy atom. The Kier molecular flexibility index (Phi) is 5.68. The summed E-state index contributed by atoms with van der Waals surface area (Å²) in [6, 6.07) is 7.58. The van der Waals surface area contributed by atoms with Gasteiger partial charge in [0, 0.05) is 16.5 Å². The largest absolute Gasteiger partial charge is 0.295 e. The molecule has 0 bridgehead atoms. The second kappa shape index (κ2) is 6.79. The summed E-state index contributed by atoms with van der Waals surface area (Å²) in [5.74, 6) is 0.0910. The van der Waals surface area contributed by atoms with E-state index < -0.39 is 0 Å². The first-order valence-electron chi connectivity index (χ1n) is 5.37. The zero-order valence-corrected chi connectivity index (χ0v) is 12.5. The highest BCUT2D eigenvalue weighted by molar-refractivity contribution is 7.79. The monoisotopic (exact) mass is 282 g/mol. The summed E-state index contributed by atoms with van der Waals surface area (Å²) < 4.78 is 0.913. The van der Waals surface area contributed by atoms with Crippen molar-refractivity contribution in [3.8, 4) is 11.1 Å². The van der Waals surface area contributed by atoms with Gasteiger partial charge in [0.15, 0.2) is 5.78 Å². The van der Waals surface area contributed by atoms with Gasteiger partial charge in [-0.2, -0.15) is 0 Å². The summed E-state index contributed by atoms with van der Waals surface area (Å²) in [6.45, 7) is 5.57. The van der Waals surface area contributed by atoms with Crippen molar-refractivity contribution in [3.63, 3.8) is 0 Å². The summed E-state index contributed by atoms with van der Waals surface area (Å²) in [5.41, 5.74) is 2.92. The van der Waals surface area contributed by atoms with Crippen molar-refractivity contribution in [1.82, 2.24) is 0 Å². The van der Waals surface area contributed by atoms with E-state index in [0.717, 1.165) is 20.5 Å². The number of benzene rings is 1. The number of carbonyl (C=O) groups is 1. The maximum absolute atomic E-state index is 11.1. The van der Waals surface area contributed by atoms with Crippen LogP contribution in [0.15, 0.2) is 29.6 Å². The summed E-state index contributed by atoms with van der Waals surface area (Å²) >= 11 is 5.21. The number of Topliss-reactive ketones (excluding diaryl/α,β-unsaturated/α-hetero) is 1. The van der Waals surface area contributed by atoms with Gasteiger partial charge in [-0.3, -0.25) is 4.79 Å². The molecule has 1 aromatic heterocycles. The van der Waals surface area contributed by atoms with Crippen LogP contribution in [0.3, 0.4) is 0 Å². The normalized spacial score (nSPS) is 9.35. The van der Waals surface area contributed by atoms with Crippen molar-refractivity contribution in [2.75, 3.05) is 0 Å². The molecule has 0 saturated carbocycles. The summed E-state index contributed by atoms with van der Waals surface area (Å²) in [6.07, 6.45) is 0. The summed E-state index contributed by atoms with van der Waals surface area (Å²) in [5, 5.41) is 2.05. The van der Waals surface area contributed by atoms with Crippen LogP contribution in [-0.4, -0.2) is 5.78 Å². The van der Waals surface area contributed by atoms with Crippen LogP contribution in [0.5, 0.6) is 0 Å². The van der Waals surface area contributed by atoms with Gasteiger partial charge in [0.1, 0.15) is 3.82 Å². The predicted molar refractivity (Wildman–Crippen MR) is 79.8 cm³/mol. The molecule has 17 heavy (non-hydrogen) atoms. The third-order valence-electron chi connectivity index (χ3n) is 2.11. The Morgan fingerprint density at radius 2 is 1.76 bits per heavy atom. The van der Waals surface area contributed by atoms with Gasteiger partial charge in [0.05, 0.1) is 0 Å². The molecule has 0 amide bonds. The quantitative estimate of drug-likeness (QED) is 0.415. The van der Waals surface area contributed by atoms with E-state index in [4.69, 9.17) is 12.2 Å². The predicted octanol–water partition coefficient (Wildman–Crippen LogP) is 5.43. The summed E-state index contributed by atoms with van der Waals surface area (Å²) in [4.78, 5) is 11.1. The number of carbonyl (C=O) groups excluding carboxylic acids is 1. The van der Waals surface area contributed by atoms with Gasteiger partial charge in [0.25, 0.3) is 0 Å². The topological polar surface area (TPSA) is 17.1 Å². The highest BCUT2D eigenvalue weighted by atomic mass is 32.9. The van der Waals surface area contributed by atoms with E-state index in [2.05, 4.69) is 5.38 Å². The van der Waals surface area contributed by atoms with Crippen LogP contribution in [0.2, 0.25) is 0 Å². The van der Waals surface area contributed by atoms with E-state index in [1.807, 2.05) is 38.1 Å². The Labute approximate surface area is 114 Å². The second-order valence-electron chi connectivity index (χ2n) is 3.13. The molecule has 0 aliphatic rings. The van der Waals surface area contributed by atoms with Gasteiger partial charge in [-0.25, -0.2) is 0 Å². The van der Waals surface area contributed by atoms with Crippen LogP contribution in [0.25, 0.3) is 11.1 Å². The Morgan fingerprint density at radius 1 is 1.18 bits per heavy atom. The zero-order chi connectivity index (χ0) is 12.8. The molecule has 0 spiro atoms. The summed E-state index contributed by atoms with van der Waals surface area (Å²) in [7, 11) is 3.24. The lowest BCUT2D eigenvalue weighted by molar-refractivity contribution is 0.101. The minimum atomic E-state index is 0.0910. The molecule has 0 aliphatic heterocycles. The van der Waals surface area contributed by atoms with Crippen molar-refractivity contribution in [1.29, 1.82) is 0 Å². The van der Waals surface area contributed by atoms with Gasteiger partial charge in [-0.15, -0.1) is 0 Å². The van der Waals surface area contributed by atoms with E-state index in [1.54, 1.807) is 27.6 Å². The first kappa shape index (κ1) is 14.2. The van der Waals surface area contributed by atoms with Gasteiger partial charge >= 0.3 is 0 Å². The molecule has 2 aromatic rings. The fourth-order valence-electron chi connectivity index (χ4n) is 1.28. The van der Waals surface area contributed by atoms with Crippen molar-refractivity contribution >= 4 is 38.7 Å². The maximum atomic E-state index is 11.1. The lowest BCUT2D eigenvalue weighted by atomic mass is 10.1. The van der Waals surface area contributed by atoms with Gasteiger partial charge < -0.3 is 0 Å². The molecule has 90 valence electrons. The van der Waals surface area contributed by atoms with E-state index in [0.29, 0.717) is 0 Å². The smallest absolute Gasteiger partial charge is 0.159 e. The third-order valence-corrected chi connectivity index (χ3v) is 4.78. The van der Waals surface area contributed by atoms with Crippen LogP contribution < -0.4 is 0 Å². The van der Waals surface area contributed by atoms with Gasteiger partial charge in [0.2, 0.25) is 0 Å². The number of hydrogen-bond donors (Lipinski definition) is 0. The molecule has 0 atom stereocenters. The average Bonchev–Trinajstić information content (AvgIpc) is 2.78. The van der Waals surface area contributed by atoms with E-state index in [1.165, 1.54) is 0 Å². The molecule has 1 nitrogen and oxygen atoms in total. The fourth-order valence-corrected chi connectivity index (χ4v) is 3.68. The van der Waals surface area contributed by atoms with E-state index in [-0.39, 0.29) is 5.78 Å². The molecular weight excluding hydrogens is 268 g/mol. The lowest BCUT2D eigenvalue weighted by Gasteiger charge is -1.98. The molecule has 0 unspecified atom stereocenters. The first-order chi connectivity index (χ1) is 8.18. The van der Waals surface area contributed by atoms with Crippen molar-refractivity contribution in [2.24, 2.45) is 0 Å². The number of ketones is 1. The third kappa shape index (κ3) is 3.56. The molecular formula is C13H14OS3. The van der Waals surface area contributed by atoms with Crippen LogP contribution in [0.1, 0.15) is 31.1 Å². The molecule has 0 radical (unpaired) electrons. The minimum Gasteiger partial charge on any atom is -0.295 e. The average molecular weight is 282 g/mol. The standard InChI is InChI=1S/C11H8OS3.C2H6/c1-7(12)8-2-4-9(5-3-8)10-6-14-15-11(10)13;1-2/h2-6H,1H3;1-2H3. The van der Waals surface area contributed by atoms with Crippen molar-refractivity contribution in [3.05, 3.63) is 39.0 Å². The molecule has 1 aromatic carbocycles. The van der Waals surface area contributed by atoms with Crippen LogP contribution in [0, 0.1) is 3.82 Å². The molecule has 0 aliphatic carbocycles. The molecule has 0 fully saturated rings. The van der Waals surface area contributed by atoms with Gasteiger partial charge in [-0.05, 0) is 12.5 Å². The lowest BCUT2D eigenvalue weighted by Crippen LogP contribution is -1.90. The van der Waals surface area contributed by atoms with Crippen LogP contribution >= 0.6 is 32.9 Å². The highest BCUT2D eigenvalue weighted by Gasteiger charge is 2.03. The first-order valence-corrected chi connectivity index (χ1v) is 8.00. The number of hydrogen-bond acceptors (Lipinski definition) is 4. The number of rotatable bonds is 2. The van der Waals surface area contributed by atoms with Crippen molar-refractivity contribution in [2.45, 2.75) is 20.8 Å². The maximum Gasteiger partial charge on any atom is 0.159 e. The molecule has 0 saturated heterocycles. The minimum absolute atomic E-state index is 0.0910. The molecule has 2 rings (SSSR count).